The highest BCUT2D eigenvalue weighted by Gasteiger charge is 2.17. The summed E-state index contributed by atoms with van der Waals surface area (Å²) in [4.78, 5) is 31.3. The van der Waals surface area contributed by atoms with Gasteiger partial charge in [0.25, 0.3) is 5.56 Å². The molecule has 0 aliphatic heterocycles. The number of hydrogen-bond donors (Lipinski definition) is 1. The zero-order valence-electron chi connectivity index (χ0n) is 14.6. The molecule has 0 unspecified atom stereocenters. The van der Waals surface area contributed by atoms with Crippen molar-refractivity contribution >= 4 is 5.97 Å². The molecule has 0 amide bonds. The number of carbonyl (C=O) groups is 1. The molecule has 0 saturated carbocycles. The van der Waals surface area contributed by atoms with Crippen LogP contribution in [0.25, 0.3) is 5.95 Å². The van der Waals surface area contributed by atoms with Gasteiger partial charge >= 0.3 is 5.97 Å². The summed E-state index contributed by atoms with van der Waals surface area (Å²) < 4.78 is 11.9. The lowest BCUT2D eigenvalue weighted by Gasteiger charge is -2.07. The Morgan fingerprint density at radius 3 is 2.69 bits per heavy atom. The number of nitrogens with zero attached hydrogens (tertiary/aromatic N) is 2. The Kier molecular flexibility index (Phi) is 5.17. The first kappa shape index (κ1) is 17.5. The molecule has 0 saturated heterocycles. The van der Waals surface area contributed by atoms with Crippen molar-refractivity contribution in [2.45, 2.75) is 20.5 Å². The molecule has 1 aromatic carbocycles. The van der Waals surface area contributed by atoms with Crippen molar-refractivity contribution in [1.29, 1.82) is 0 Å². The second-order valence-electron chi connectivity index (χ2n) is 5.60. The molecule has 0 aliphatic rings. The molecule has 2 aromatic heterocycles. The number of esters is 1. The maximum Gasteiger partial charge on any atom is 0.358 e. The average Bonchev–Trinajstić information content (AvgIpc) is 3.02. The van der Waals surface area contributed by atoms with Gasteiger partial charge in [0.1, 0.15) is 12.4 Å². The molecular weight excluding hydrogens is 334 g/mol. The third-order valence-corrected chi connectivity index (χ3v) is 3.71. The predicted molar refractivity (Wildman–Crippen MR) is 95.7 cm³/mol. The van der Waals surface area contributed by atoms with Gasteiger partial charge in [0.15, 0.2) is 5.69 Å². The van der Waals surface area contributed by atoms with Crippen molar-refractivity contribution in [1.82, 2.24) is 14.5 Å². The Balaban J connectivity index is 1.79. The first-order valence-electron chi connectivity index (χ1n) is 8.22. The van der Waals surface area contributed by atoms with Crippen LogP contribution in [-0.2, 0) is 11.3 Å². The van der Waals surface area contributed by atoms with Crippen LogP contribution < -0.4 is 10.3 Å². The molecule has 3 aromatic rings. The molecule has 0 fully saturated rings. The molecule has 0 radical (unpaired) electrons. The highest BCUT2D eigenvalue weighted by Crippen LogP contribution is 2.13. The fraction of sp³-hybridized carbons (Fsp3) is 0.211. The number of H-pyrrole nitrogens is 1. The van der Waals surface area contributed by atoms with Crippen LogP contribution in [0.4, 0.5) is 0 Å². The lowest BCUT2D eigenvalue weighted by Crippen LogP contribution is -2.18. The minimum absolute atomic E-state index is 0.165. The molecule has 26 heavy (non-hydrogen) atoms. The molecule has 0 bridgehead atoms. The van der Waals surface area contributed by atoms with E-state index in [2.05, 4.69) is 9.97 Å². The van der Waals surface area contributed by atoms with Gasteiger partial charge in [-0.15, -0.1) is 0 Å². The Morgan fingerprint density at radius 1 is 1.23 bits per heavy atom. The number of rotatable bonds is 6. The second kappa shape index (κ2) is 7.69. The monoisotopic (exact) mass is 353 g/mol. The highest BCUT2D eigenvalue weighted by atomic mass is 16.5. The summed E-state index contributed by atoms with van der Waals surface area (Å²) in [5.74, 6) is 0.192. The molecule has 3 rings (SSSR count). The van der Waals surface area contributed by atoms with Crippen LogP contribution in [0.5, 0.6) is 5.75 Å². The lowest BCUT2D eigenvalue weighted by molar-refractivity contribution is 0.0519. The normalized spacial score (nSPS) is 10.5. The van der Waals surface area contributed by atoms with Gasteiger partial charge in [-0.25, -0.2) is 9.78 Å². The van der Waals surface area contributed by atoms with E-state index in [9.17, 15) is 9.59 Å². The van der Waals surface area contributed by atoms with Crippen molar-refractivity contribution < 1.29 is 14.3 Å². The number of carbonyl (C=O) groups excluding carboxylic acids is 1. The summed E-state index contributed by atoms with van der Waals surface area (Å²) in [7, 11) is 0. The van der Waals surface area contributed by atoms with Crippen molar-refractivity contribution in [3.8, 4) is 11.7 Å². The summed E-state index contributed by atoms with van der Waals surface area (Å²) in [5.41, 5.74) is 1.39. The van der Waals surface area contributed by atoms with Crippen LogP contribution in [0.15, 0.2) is 53.5 Å². The fourth-order valence-corrected chi connectivity index (χ4v) is 2.42. The summed E-state index contributed by atoms with van der Waals surface area (Å²) in [6.07, 6.45) is 1.55. The molecular formula is C19H19N3O4. The number of ether oxygens (including phenoxy) is 2. The number of hydrogen-bond acceptors (Lipinski definition) is 5. The number of aromatic amines is 1. The van der Waals surface area contributed by atoms with Gasteiger partial charge in [0, 0.05) is 18.0 Å². The van der Waals surface area contributed by atoms with E-state index in [0.717, 1.165) is 5.56 Å². The van der Waals surface area contributed by atoms with Gasteiger partial charge in [0.05, 0.1) is 6.61 Å². The number of benzene rings is 1. The largest absolute Gasteiger partial charge is 0.489 e. The van der Waals surface area contributed by atoms with Gasteiger partial charge in [-0.05, 0) is 25.5 Å². The summed E-state index contributed by atoms with van der Waals surface area (Å²) in [5, 5.41) is 0. The fourth-order valence-electron chi connectivity index (χ4n) is 2.42. The Bertz CT molecular complexity index is 960. The molecule has 1 N–H and O–H groups in total. The van der Waals surface area contributed by atoms with Crippen LogP contribution in [-0.4, -0.2) is 27.1 Å². The first-order chi connectivity index (χ1) is 12.6. The Hall–Kier alpha value is -3.35. The number of aryl methyl sites for hydroxylation is 1. The van der Waals surface area contributed by atoms with Gasteiger partial charge in [-0.2, -0.15) is 0 Å². The summed E-state index contributed by atoms with van der Waals surface area (Å²) >= 11 is 0. The second-order valence-corrected chi connectivity index (χ2v) is 5.60. The zero-order chi connectivity index (χ0) is 18.5. The maximum absolute atomic E-state index is 12.4. The summed E-state index contributed by atoms with van der Waals surface area (Å²) in [6.45, 7) is 4.05. The van der Waals surface area contributed by atoms with E-state index in [1.54, 1.807) is 26.1 Å². The van der Waals surface area contributed by atoms with Crippen LogP contribution >= 0.6 is 0 Å². The van der Waals surface area contributed by atoms with Crippen molar-refractivity contribution in [3.63, 3.8) is 0 Å². The molecule has 0 atom stereocenters. The van der Waals surface area contributed by atoms with E-state index in [-0.39, 0.29) is 23.8 Å². The Labute approximate surface area is 150 Å². The number of nitrogens with one attached hydrogen (secondary N) is 1. The zero-order valence-corrected chi connectivity index (χ0v) is 14.6. The third kappa shape index (κ3) is 3.83. The van der Waals surface area contributed by atoms with E-state index in [4.69, 9.17) is 9.47 Å². The maximum atomic E-state index is 12.4. The summed E-state index contributed by atoms with van der Waals surface area (Å²) in [6, 6.07) is 12.7. The van der Waals surface area contributed by atoms with E-state index in [1.165, 1.54) is 10.6 Å². The van der Waals surface area contributed by atoms with Gasteiger partial charge in [-0.3, -0.25) is 9.36 Å². The minimum atomic E-state index is -0.525. The number of aromatic nitrogens is 3. The third-order valence-electron chi connectivity index (χ3n) is 3.71. The standard InChI is InChI=1S/C19H19N3O4/c1-3-25-18(24)17-13(2)20-19(21-17)22-10-9-15(11-16(22)23)26-12-14-7-5-4-6-8-14/h4-11H,3,12H2,1-2H3,(H,20,21). The average molecular weight is 353 g/mol. The van der Waals surface area contributed by atoms with E-state index in [1.807, 2.05) is 30.3 Å². The predicted octanol–water partition coefficient (Wildman–Crippen LogP) is 2.62. The highest BCUT2D eigenvalue weighted by molar-refractivity contribution is 5.88. The van der Waals surface area contributed by atoms with Crippen molar-refractivity contribution in [3.05, 3.63) is 76.0 Å². The first-order valence-corrected chi connectivity index (χ1v) is 8.22. The molecule has 7 nitrogen and oxygen atoms in total. The van der Waals surface area contributed by atoms with Crippen molar-refractivity contribution in [2.75, 3.05) is 6.61 Å². The van der Waals surface area contributed by atoms with Crippen LogP contribution in [0, 0.1) is 6.92 Å². The molecule has 7 heteroatoms. The molecule has 134 valence electrons. The van der Waals surface area contributed by atoms with Gasteiger partial charge < -0.3 is 14.5 Å². The van der Waals surface area contributed by atoms with Gasteiger partial charge in [0.2, 0.25) is 5.95 Å². The van der Waals surface area contributed by atoms with E-state index in [0.29, 0.717) is 18.1 Å². The quantitative estimate of drug-likeness (QED) is 0.689. The minimum Gasteiger partial charge on any atom is -0.489 e. The number of pyridine rings is 1. The smallest absolute Gasteiger partial charge is 0.358 e. The van der Waals surface area contributed by atoms with Gasteiger partial charge in [-0.1, -0.05) is 30.3 Å². The lowest BCUT2D eigenvalue weighted by atomic mass is 10.2. The van der Waals surface area contributed by atoms with Crippen LogP contribution in [0.1, 0.15) is 28.7 Å². The van der Waals surface area contributed by atoms with E-state index < -0.39 is 5.97 Å². The molecule has 0 spiro atoms. The Morgan fingerprint density at radius 2 is 2.00 bits per heavy atom. The molecule has 2 heterocycles. The topological polar surface area (TPSA) is 86.2 Å². The number of imidazole rings is 1. The van der Waals surface area contributed by atoms with E-state index >= 15 is 0 Å². The van der Waals surface area contributed by atoms with Crippen molar-refractivity contribution in [2.24, 2.45) is 0 Å². The molecule has 0 aliphatic carbocycles. The van der Waals surface area contributed by atoms with Crippen LogP contribution in [0.2, 0.25) is 0 Å². The van der Waals surface area contributed by atoms with Crippen LogP contribution in [0.3, 0.4) is 0 Å². The SMILES string of the molecule is CCOC(=O)c1nc(-n2ccc(OCc3ccccc3)cc2=O)[nH]c1C.